The van der Waals surface area contributed by atoms with E-state index in [0.717, 1.165) is 17.0 Å². The minimum atomic E-state index is -4.29. The zero-order valence-corrected chi connectivity index (χ0v) is 20.5. The Morgan fingerprint density at radius 1 is 1.18 bits per heavy atom. The van der Waals surface area contributed by atoms with Crippen LogP contribution < -0.4 is 4.74 Å². The predicted octanol–water partition coefficient (Wildman–Crippen LogP) is 4.37. The summed E-state index contributed by atoms with van der Waals surface area (Å²) in [7, 11) is -4.29. The number of hydrogen-bond donors (Lipinski definition) is 1. The van der Waals surface area contributed by atoms with E-state index < -0.39 is 62.3 Å². The Morgan fingerprint density at radius 3 is 2.38 bits per heavy atom. The van der Waals surface area contributed by atoms with Gasteiger partial charge in [-0.25, -0.2) is 22.0 Å². The van der Waals surface area contributed by atoms with E-state index in [-0.39, 0.29) is 24.6 Å². The Hall–Kier alpha value is -2.43. The number of ether oxygens (including phenoxy) is 2. The molecule has 0 spiro atoms. The molecule has 0 bridgehead atoms. The minimum absolute atomic E-state index is 0.144. The number of rotatable bonds is 6. The number of benzene rings is 2. The molecule has 2 aromatic rings. The molecule has 1 amide bonds. The number of carbonyl (C=O) groups excluding carboxylic acids is 1. The summed E-state index contributed by atoms with van der Waals surface area (Å²) in [4.78, 5) is 13.7. The van der Waals surface area contributed by atoms with Crippen LogP contribution in [0.3, 0.4) is 0 Å². The molecule has 1 aliphatic rings. The molecule has 34 heavy (non-hydrogen) atoms. The Bertz CT molecular complexity index is 1150. The fraction of sp³-hybridized carbons (Fsp3) is 0.435. The zero-order chi connectivity index (χ0) is 25.3. The van der Waals surface area contributed by atoms with Crippen LogP contribution >= 0.6 is 11.6 Å². The number of hydrogen-bond acceptors (Lipinski definition) is 6. The van der Waals surface area contributed by atoms with Crippen molar-refractivity contribution in [2.75, 3.05) is 26.3 Å². The average molecular weight is 518 g/mol. The number of nitrogens with zero attached hydrogens (tertiary/aromatic N) is 1. The number of sulfone groups is 1. The van der Waals surface area contributed by atoms with Crippen LogP contribution in [0.1, 0.15) is 31.6 Å². The van der Waals surface area contributed by atoms with Gasteiger partial charge < -0.3 is 19.5 Å². The Labute approximate surface area is 202 Å². The maximum Gasteiger partial charge on any atom is 0.410 e. The molecule has 0 aliphatic carbocycles. The van der Waals surface area contributed by atoms with E-state index in [4.69, 9.17) is 21.1 Å². The summed E-state index contributed by atoms with van der Waals surface area (Å²) in [5.74, 6) is -3.33. The van der Waals surface area contributed by atoms with E-state index in [1.165, 1.54) is 24.3 Å². The summed E-state index contributed by atoms with van der Waals surface area (Å²) in [6, 6.07) is 7.01. The van der Waals surface area contributed by atoms with E-state index in [9.17, 15) is 27.1 Å². The molecule has 3 rings (SSSR count). The quantitative estimate of drug-likeness (QED) is 0.611. The lowest BCUT2D eigenvalue weighted by Crippen LogP contribution is -2.45. The molecular weight excluding hydrogens is 492 g/mol. The molecular formula is C23H26ClF2NO6S. The van der Waals surface area contributed by atoms with Gasteiger partial charge in [-0.1, -0.05) is 11.6 Å². The van der Waals surface area contributed by atoms with Crippen molar-refractivity contribution in [3.05, 3.63) is 58.6 Å². The van der Waals surface area contributed by atoms with Gasteiger partial charge in [-0.3, -0.25) is 0 Å². The first-order chi connectivity index (χ1) is 15.8. The monoisotopic (exact) mass is 517 g/mol. The number of carbonyl (C=O) groups is 1. The number of amides is 1. The van der Waals surface area contributed by atoms with E-state index in [1.54, 1.807) is 20.8 Å². The molecule has 186 valence electrons. The van der Waals surface area contributed by atoms with E-state index in [1.807, 2.05) is 0 Å². The summed E-state index contributed by atoms with van der Waals surface area (Å²) in [6.07, 6.45) is -0.783. The lowest BCUT2D eigenvalue weighted by molar-refractivity contribution is 0.0159. The van der Waals surface area contributed by atoms with Crippen molar-refractivity contribution < 1.29 is 36.6 Å². The number of halogens is 3. The highest BCUT2D eigenvalue weighted by molar-refractivity contribution is 7.91. The molecule has 2 aromatic carbocycles. The molecule has 0 aromatic heterocycles. The first kappa shape index (κ1) is 26.2. The summed E-state index contributed by atoms with van der Waals surface area (Å²) < 4.78 is 67.7. The highest BCUT2D eigenvalue weighted by atomic mass is 35.5. The first-order valence-corrected chi connectivity index (χ1v) is 12.5. The molecule has 11 heteroatoms. The first-order valence-electron chi connectivity index (χ1n) is 10.5. The second kappa shape index (κ2) is 10.1. The van der Waals surface area contributed by atoms with Gasteiger partial charge in [0.2, 0.25) is 0 Å². The lowest BCUT2D eigenvalue weighted by atomic mass is 9.94. The van der Waals surface area contributed by atoms with Crippen molar-refractivity contribution in [2.45, 2.75) is 36.5 Å². The molecule has 0 fully saturated rings. The molecule has 1 N–H and O–H groups in total. The van der Waals surface area contributed by atoms with Crippen LogP contribution in [-0.4, -0.2) is 56.4 Å². The van der Waals surface area contributed by atoms with Gasteiger partial charge in [0.25, 0.3) is 0 Å². The summed E-state index contributed by atoms with van der Waals surface area (Å²) >= 11 is 5.89. The fourth-order valence-corrected chi connectivity index (χ4v) is 5.93. The highest BCUT2D eigenvalue weighted by Gasteiger charge is 2.45. The summed E-state index contributed by atoms with van der Waals surface area (Å²) in [5, 5.41) is 8.19. The summed E-state index contributed by atoms with van der Waals surface area (Å²) in [5.41, 5.74) is -1.29. The van der Waals surface area contributed by atoms with Crippen LogP contribution in [0.25, 0.3) is 0 Å². The van der Waals surface area contributed by atoms with Crippen LogP contribution in [-0.2, 0) is 14.6 Å². The smallest absolute Gasteiger partial charge is 0.410 e. The van der Waals surface area contributed by atoms with Gasteiger partial charge >= 0.3 is 6.09 Å². The second-order valence-corrected chi connectivity index (χ2v) is 11.4. The van der Waals surface area contributed by atoms with Crippen LogP contribution in [0.2, 0.25) is 5.02 Å². The number of aliphatic hydroxyl groups excluding tert-OH is 1. The highest BCUT2D eigenvalue weighted by Crippen LogP contribution is 2.46. The third kappa shape index (κ3) is 5.61. The lowest BCUT2D eigenvalue weighted by Gasteiger charge is -2.37. The fourth-order valence-electron chi connectivity index (χ4n) is 3.79. The van der Waals surface area contributed by atoms with Crippen molar-refractivity contribution in [1.82, 2.24) is 4.90 Å². The van der Waals surface area contributed by atoms with Crippen molar-refractivity contribution >= 4 is 27.5 Å². The van der Waals surface area contributed by atoms with Crippen LogP contribution in [0.15, 0.2) is 41.3 Å². The molecule has 0 saturated carbocycles. The SMILES string of the molecule is CC(C)(C)OC(=O)N(CCO)CC1COc2c(F)ccc(F)c2C1S(=O)(=O)c1ccc(Cl)cc1. The van der Waals surface area contributed by atoms with Gasteiger partial charge in [0.05, 0.1) is 23.7 Å². The van der Waals surface area contributed by atoms with Crippen LogP contribution in [0, 0.1) is 17.6 Å². The normalized spacial score (nSPS) is 18.1. The molecule has 0 saturated heterocycles. The van der Waals surface area contributed by atoms with Crippen LogP contribution in [0.4, 0.5) is 13.6 Å². The topological polar surface area (TPSA) is 93.1 Å². The van der Waals surface area contributed by atoms with Gasteiger partial charge in [-0.05, 0) is 57.2 Å². The Morgan fingerprint density at radius 2 is 1.79 bits per heavy atom. The number of aliphatic hydroxyl groups is 1. The van der Waals surface area contributed by atoms with Gasteiger partial charge in [0.15, 0.2) is 21.4 Å². The molecule has 0 radical (unpaired) electrons. The van der Waals surface area contributed by atoms with Crippen LogP contribution in [0.5, 0.6) is 5.75 Å². The van der Waals surface area contributed by atoms with Gasteiger partial charge in [-0.2, -0.15) is 0 Å². The summed E-state index contributed by atoms with van der Waals surface area (Å²) in [6.45, 7) is 3.85. The third-order valence-corrected chi connectivity index (χ3v) is 7.67. The van der Waals surface area contributed by atoms with E-state index >= 15 is 0 Å². The molecule has 2 atom stereocenters. The Balaban J connectivity index is 2.09. The van der Waals surface area contributed by atoms with E-state index in [2.05, 4.69) is 0 Å². The molecule has 2 unspecified atom stereocenters. The molecule has 1 aliphatic heterocycles. The molecule has 7 nitrogen and oxygen atoms in total. The average Bonchev–Trinajstić information content (AvgIpc) is 2.74. The van der Waals surface area contributed by atoms with Gasteiger partial charge in [0.1, 0.15) is 16.7 Å². The third-order valence-electron chi connectivity index (χ3n) is 5.20. The number of fused-ring (bicyclic) bond motifs is 1. The predicted molar refractivity (Wildman–Crippen MR) is 122 cm³/mol. The second-order valence-electron chi connectivity index (χ2n) is 8.91. The van der Waals surface area contributed by atoms with Crippen molar-refractivity contribution in [1.29, 1.82) is 0 Å². The zero-order valence-electron chi connectivity index (χ0n) is 18.9. The van der Waals surface area contributed by atoms with Crippen molar-refractivity contribution in [2.24, 2.45) is 5.92 Å². The van der Waals surface area contributed by atoms with Gasteiger partial charge in [-0.15, -0.1) is 0 Å². The maximum atomic E-state index is 15.0. The largest absolute Gasteiger partial charge is 0.490 e. The Kier molecular flexibility index (Phi) is 7.74. The van der Waals surface area contributed by atoms with Crippen molar-refractivity contribution in [3.63, 3.8) is 0 Å². The van der Waals surface area contributed by atoms with Gasteiger partial charge in [0, 0.05) is 24.0 Å². The maximum absolute atomic E-state index is 15.0. The van der Waals surface area contributed by atoms with Crippen molar-refractivity contribution in [3.8, 4) is 5.75 Å². The minimum Gasteiger partial charge on any atom is -0.490 e. The standard InChI is InChI=1S/C23H26ClF2NO6S/c1-23(2,3)33-22(29)27(10-11-28)12-14-13-32-20-18(26)9-8-17(25)19(20)21(14)34(30,31)16-6-4-15(24)5-7-16/h4-9,14,21,28H,10-13H2,1-3H3. The van der Waals surface area contributed by atoms with E-state index in [0.29, 0.717) is 5.02 Å². The molecule has 1 heterocycles.